The van der Waals surface area contributed by atoms with Crippen molar-refractivity contribution in [1.29, 1.82) is 0 Å². The van der Waals surface area contributed by atoms with Crippen LogP contribution in [-0.2, 0) is 21.4 Å². The van der Waals surface area contributed by atoms with Gasteiger partial charge in [0.05, 0.1) is 17.1 Å². The fourth-order valence-electron chi connectivity index (χ4n) is 2.99. The Morgan fingerprint density at radius 2 is 1.92 bits per heavy atom. The fourth-order valence-corrected chi connectivity index (χ4v) is 4.45. The van der Waals surface area contributed by atoms with Gasteiger partial charge >= 0.3 is 0 Å². The molecule has 0 radical (unpaired) electrons. The van der Waals surface area contributed by atoms with Crippen molar-refractivity contribution >= 4 is 21.6 Å². The summed E-state index contributed by atoms with van der Waals surface area (Å²) in [4.78, 5) is 13.6. The number of hydrogen-bond acceptors (Lipinski definition) is 4. The molecule has 0 N–H and O–H groups in total. The van der Waals surface area contributed by atoms with Gasteiger partial charge in [0.2, 0.25) is 15.9 Å². The molecule has 138 valence electrons. The van der Waals surface area contributed by atoms with E-state index in [9.17, 15) is 13.2 Å². The van der Waals surface area contributed by atoms with Crippen LogP contribution in [0.4, 0.5) is 5.69 Å². The third kappa shape index (κ3) is 3.59. The van der Waals surface area contributed by atoms with E-state index in [1.54, 1.807) is 11.0 Å². The maximum absolute atomic E-state index is 13.1. The van der Waals surface area contributed by atoms with Crippen LogP contribution in [0.25, 0.3) is 0 Å². The zero-order valence-electron chi connectivity index (χ0n) is 14.9. The molecule has 0 unspecified atom stereocenters. The van der Waals surface area contributed by atoms with Crippen LogP contribution in [0, 0.1) is 0 Å². The molecule has 0 aromatic heterocycles. The molecule has 1 aliphatic rings. The summed E-state index contributed by atoms with van der Waals surface area (Å²) in [7, 11) is -3.69. The molecule has 0 atom stereocenters. The van der Waals surface area contributed by atoms with Crippen molar-refractivity contribution in [2.24, 2.45) is 0 Å². The Kier molecular flexibility index (Phi) is 5.29. The Morgan fingerprint density at radius 3 is 2.58 bits per heavy atom. The molecule has 2 aromatic rings. The average molecular weight is 374 g/mol. The molecule has 7 heteroatoms. The number of benzene rings is 2. The van der Waals surface area contributed by atoms with Gasteiger partial charge < -0.3 is 9.64 Å². The normalized spacial score (nSPS) is 14.0. The quantitative estimate of drug-likeness (QED) is 0.807. The predicted octanol–water partition coefficient (Wildman–Crippen LogP) is 2.64. The molecule has 2 aromatic carbocycles. The lowest BCUT2D eigenvalue weighted by Crippen LogP contribution is -2.36. The highest BCUT2D eigenvalue weighted by atomic mass is 32.2. The third-order valence-corrected chi connectivity index (χ3v) is 6.28. The van der Waals surface area contributed by atoms with E-state index in [1.807, 2.05) is 37.3 Å². The second-order valence-electron chi connectivity index (χ2n) is 6.07. The van der Waals surface area contributed by atoms with Crippen LogP contribution in [0.3, 0.4) is 0 Å². The van der Waals surface area contributed by atoms with Gasteiger partial charge in [-0.15, -0.1) is 0 Å². The third-order valence-electron chi connectivity index (χ3n) is 4.37. The van der Waals surface area contributed by atoms with Crippen molar-refractivity contribution in [3.05, 3.63) is 54.1 Å². The lowest BCUT2D eigenvalue weighted by molar-refractivity contribution is -0.116. The number of carbonyl (C=O) groups excluding carboxylic acids is 1. The summed E-state index contributed by atoms with van der Waals surface area (Å²) in [5, 5.41) is 0. The largest absolute Gasteiger partial charge is 0.490 e. The summed E-state index contributed by atoms with van der Waals surface area (Å²) < 4.78 is 33.2. The molecule has 0 spiro atoms. The second kappa shape index (κ2) is 7.47. The smallest absolute Gasteiger partial charge is 0.243 e. The minimum atomic E-state index is -3.69. The van der Waals surface area contributed by atoms with Crippen LogP contribution in [0.1, 0.15) is 19.4 Å². The van der Waals surface area contributed by atoms with Gasteiger partial charge in [0.15, 0.2) is 0 Å². The van der Waals surface area contributed by atoms with Crippen LogP contribution in [0.2, 0.25) is 0 Å². The molecule has 1 aliphatic heterocycles. The second-order valence-corrected chi connectivity index (χ2v) is 8.00. The van der Waals surface area contributed by atoms with Crippen LogP contribution in [0.5, 0.6) is 5.75 Å². The van der Waals surface area contributed by atoms with E-state index in [1.165, 1.54) is 23.4 Å². The maximum Gasteiger partial charge on any atom is 0.243 e. The number of ether oxygens (including phenoxy) is 1. The van der Waals surface area contributed by atoms with Gasteiger partial charge in [-0.2, -0.15) is 4.31 Å². The first-order valence-corrected chi connectivity index (χ1v) is 9.96. The predicted molar refractivity (Wildman–Crippen MR) is 99.7 cm³/mol. The molecule has 1 heterocycles. The van der Waals surface area contributed by atoms with E-state index in [-0.39, 0.29) is 10.8 Å². The minimum Gasteiger partial charge on any atom is -0.490 e. The molecule has 0 bridgehead atoms. The zero-order chi connectivity index (χ0) is 18.7. The molecule has 3 rings (SSSR count). The number of amides is 1. The van der Waals surface area contributed by atoms with Crippen molar-refractivity contribution in [3.63, 3.8) is 0 Å². The molecule has 0 saturated carbocycles. The SMILES string of the molecule is CCN(Cc1ccccc1)S(=O)(=O)c1ccc2c(c1)N(C(C)=O)CCO2. The maximum atomic E-state index is 13.1. The molecule has 26 heavy (non-hydrogen) atoms. The van der Waals surface area contributed by atoms with Gasteiger partial charge in [-0.25, -0.2) is 8.42 Å². The number of carbonyl (C=O) groups is 1. The van der Waals surface area contributed by atoms with Crippen molar-refractivity contribution < 1.29 is 17.9 Å². The van der Waals surface area contributed by atoms with Crippen LogP contribution in [0.15, 0.2) is 53.4 Å². The highest BCUT2D eigenvalue weighted by Crippen LogP contribution is 2.34. The molecule has 0 saturated heterocycles. The first-order chi connectivity index (χ1) is 12.4. The van der Waals surface area contributed by atoms with Crippen molar-refractivity contribution in [1.82, 2.24) is 4.31 Å². The number of anilines is 1. The van der Waals surface area contributed by atoms with Gasteiger partial charge in [-0.1, -0.05) is 37.3 Å². The van der Waals surface area contributed by atoms with Gasteiger partial charge in [0, 0.05) is 20.0 Å². The number of rotatable bonds is 5. The van der Waals surface area contributed by atoms with E-state index in [2.05, 4.69) is 0 Å². The number of sulfonamides is 1. The van der Waals surface area contributed by atoms with E-state index < -0.39 is 10.0 Å². The molecule has 1 amide bonds. The molecule has 6 nitrogen and oxygen atoms in total. The Bertz CT molecular complexity index is 897. The Labute approximate surface area is 154 Å². The fraction of sp³-hybridized carbons (Fsp3) is 0.316. The topological polar surface area (TPSA) is 66.9 Å². The monoisotopic (exact) mass is 374 g/mol. The summed E-state index contributed by atoms with van der Waals surface area (Å²) in [6, 6.07) is 14.1. The molecule has 0 fully saturated rings. The van der Waals surface area contributed by atoms with E-state index >= 15 is 0 Å². The van der Waals surface area contributed by atoms with Crippen LogP contribution >= 0.6 is 0 Å². The van der Waals surface area contributed by atoms with E-state index in [4.69, 9.17) is 4.74 Å². The lowest BCUT2D eigenvalue weighted by Gasteiger charge is -2.29. The Balaban J connectivity index is 1.96. The number of hydrogen-bond donors (Lipinski definition) is 0. The molecule has 0 aliphatic carbocycles. The highest BCUT2D eigenvalue weighted by Gasteiger charge is 2.28. The standard InChI is InChI=1S/C19H22N2O4S/c1-3-20(14-16-7-5-4-6-8-16)26(23,24)17-9-10-19-18(13-17)21(15(2)22)11-12-25-19/h4-10,13H,3,11-12,14H2,1-2H3. The Morgan fingerprint density at radius 1 is 1.19 bits per heavy atom. The van der Waals surface area contributed by atoms with Gasteiger partial charge in [0.1, 0.15) is 12.4 Å². The number of fused-ring (bicyclic) bond motifs is 1. The van der Waals surface area contributed by atoms with Gasteiger partial charge in [0.25, 0.3) is 0 Å². The average Bonchev–Trinajstić information content (AvgIpc) is 2.65. The van der Waals surface area contributed by atoms with Crippen molar-refractivity contribution in [2.45, 2.75) is 25.3 Å². The summed E-state index contributed by atoms with van der Waals surface area (Å²) in [6.45, 7) is 4.72. The number of nitrogens with zero attached hydrogens (tertiary/aromatic N) is 2. The van der Waals surface area contributed by atoms with Gasteiger partial charge in [-0.3, -0.25) is 4.79 Å². The summed E-state index contributed by atoms with van der Waals surface area (Å²) >= 11 is 0. The van der Waals surface area contributed by atoms with E-state index in [0.717, 1.165) is 5.56 Å². The van der Waals surface area contributed by atoms with Crippen LogP contribution < -0.4 is 9.64 Å². The lowest BCUT2D eigenvalue weighted by atomic mass is 10.2. The summed E-state index contributed by atoms with van der Waals surface area (Å²) in [5.41, 5.74) is 1.42. The minimum absolute atomic E-state index is 0.138. The zero-order valence-corrected chi connectivity index (χ0v) is 15.7. The molecular weight excluding hydrogens is 352 g/mol. The van der Waals surface area contributed by atoms with Crippen LogP contribution in [-0.4, -0.2) is 38.3 Å². The molecular formula is C19H22N2O4S. The first kappa shape index (κ1) is 18.4. The van der Waals surface area contributed by atoms with Crippen molar-refractivity contribution in [3.8, 4) is 5.75 Å². The first-order valence-electron chi connectivity index (χ1n) is 8.52. The summed E-state index contributed by atoms with van der Waals surface area (Å²) in [5.74, 6) is 0.386. The highest BCUT2D eigenvalue weighted by molar-refractivity contribution is 7.89. The van der Waals surface area contributed by atoms with Gasteiger partial charge in [-0.05, 0) is 23.8 Å². The Hall–Kier alpha value is -2.38. The van der Waals surface area contributed by atoms with Crippen molar-refractivity contribution in [2.75, 3.05) is 24.6 Å². The summed E-state index contributed by atoms with van der Waals surface area (Å²) in [6.07, 6.45) is 0. The van der Waals surface area contributed by atoms with E-state index in [0.29, 0.717) is 37.7 Å².